The van der Waals surface area contributed by atoms with Gasteiger partial charge in [0.2, 0.25) is 0 Å². The number of piperazine rings is 1. The largest absolute Gasteiger partial charge is 0.508 e. The molecule has 1 saturated heterocycles. The number of phenolic OH excluding ortho intramolecular Hbond substituents is 1. The molecule has 1 N–H and O–H groups in total. The molecule has 0 atom stereocenters. The van der Waals surface area contributed by atoms with Crippen LogP contribution >= 0.6 is 15.9 Å². The summed E-state index contributed by atoms with van der Waals surface area (Å²) in [5.74, 6) is 0.362. The van der Waals surface area contributed by atoms with Gasteiger partial charge < -0.3 is 5.11 Å². The van der Waals surface area contributed by atoms with Crippen LogP contribution < -0.4 is 0 Å². The van der Waals surface area contributed by atoms with Gasteiger partial charge in [0.25, 0.3) is 0 Å². The SMILES string of the molecule is Oc1cccc(CN2CCN(CCBr)CC2)c1. The Kier molecular flexibility index (Phi) is 4.83. The molecule has 0 radical (unpaired) electrons. The molecule has 4 heteroatoms. The molecule has 0 aliphatic carbocycles. The normalized spacial score (nSPS) is 18.4. The molecule has 1 aliphatic rings. The van der Waals surface area contributed by atoms with Gasteiger partial charge in [0.15, 0.2) is 0 Å². The third kappa shape index (κ3) is 3.98. The average Bonchev–Trinajstić information content (AvgIpc) is 2.32. The van der Waals surface area contributed by atoms with Crippen LogP contribution in [0.5, 0.6) is 5.75 Å². The summed E-state index contributed by atoms with van der Waals surface area (Å²) in [6.07, 6.45) is 0. The molecule has 0 unspecified atom stereocenters. The molecule has 1 fully saturated rings. The Morgan fingerprint density at radius 3 is 2.47 bits per heavy atom. The van der Waals surface area contributed by atoms with Crippen molar-refractivity contribution in [3.05, 3.63) is 29.8 Å². The van der Waals surface area contributed by atoms with Crippen molar-refractivity contribution < 1.29 is 5.11 Å². The fraction of sp³-hybridized carbons (Fsp3) is 0.538. The second kappa shape index (κ2) is 6.38. The van der Waals surface area contributed by atoms with Crippen LogP contribution in [0.15, 0.2) is 24.3 Å². The van der Waals surface area contributed by atoms with Crippen molar-refractivity contribution in [1.29, 1.82) is 0 Å². The predicted molar refractivity (Wildman–Crippen MR) is 73.6 cm³/mol. The molecular formula is C13H19BrN2O. The van der Waals surface area contributed by atoms with Crippen LogP contribution in [-0.2, 0) is 6.54 Å². The molecule has 1 aromatic rings. The first-order valence-corrected chi connectivity index (χ1v) is 7.18. The van der Waals surface area contributed by atoms with Crippen LogP contribution in [0.1, 0.15) is 5.56 Å². The van der Waals surface area contributed by atoms with Crippen LogP contribution in [0, 0.1) is 0 Å². The van der Waals surface area contributed by atoms with Crippen molar-refractivity contribution in [1.82, 2.24) is 9.80 Å². The Labute approximate surface area is 111 Å². The van der Waals surface area contributed by atoms with E-state index in [9.17, 15) is 5.11 Å². The first-order valence-electron chi connectivity index (χ1n) is 6.06. The molecular weight excluding hydrogens is 280 g/mol. The number of alkyl halides is 1. The molecule has 1 aromatic carbocycles. The molecule has 1 aliphatic heterocycles. The number of nitrogens with zero attached hydrogens (tertiary/aromatic N) is 2. The highest BCUT2D eigenvalue weighted by Crippen LogP contribution is 2.14. The van der Waals surface area contributed by atoms with Crippen LogP contribution in [-0.4, -0.2) is 53.0 Å². The highest BCUT2D eigenvalue weighted by Gasteiger charge is 2.16. The number of benzene rings is 1. The molecule has 94 valence electrons. The standard InChI is InChI=1S/C13H19BrN2O/c14-4-5-15-6-8-16(9-7-15)11-12-2-1-3-13(17)10-12/h1-3,10,17H,4-9,11H2. The van der Waals surface area contributed by atoms with Gasteiger partial charge in [0.1, 0.15) is 5.75 Å². The quantitative estimate of drug-likeness (QED) is 0.860. The van der Waals surface area contributed by atoms with E-state index in [1.54, 1.807) is 6.07 Å². The van der Waals surface area contributed by atoms with Crippen molar-refractivity contribution in [2.24, 2.45) is 0 Å². The van der Waals surface area contributed by atoms with E-state index >= 15 is 0 Å². The summed E-state index contributed by atoms with van der Waals surface area (Å²) < 4.78 is 0. The van der Waals surface area contributed by atoms with Gasteiger partial charge in [-0.3, -0.25) is 9.80 Å². The summed E-state index contributed by atoms with van der Waals surface area (Å²) in [6.45, 7) is 6.59. The van der Waals surface area contributed by atoms with E-state index in [1.165, 1.54) is 5.56 Å². The Hall–Kier alpha value is -0.580. The third-order valence-electron chi connectivity index (χ3n) is 3.18. The Morgan fingerprint density at radius 2 is 1.82 bits per heavy atom. The predicted octanol–water partition coefficient (Wildman–Crippen LogP) is 1.90. The highest BCUT2D eigenvalue weighted by molar-refractivity contribution is 9.09. The maximum Gasteiger partial charge on any atom is 0.115 e. The fourth-order valence-corrected chi connectivity index (χ4v) is 2.71. The zero-order valence-corrected chi connectivity index (χ0v) is 11.6. The molecule has 0 aromatic heterocycles. The van der Waals surface area contributed by atoms with Crippen molar-refractivity contribution >= 4 is 15.9 Å². The van der Waals surface area contributed by atoms with Gasteiger partial charge in [0.05, 0.1) is 0 Å². The van der Waals surface area contributed by atoms with E-state index in [-0.39, 0.29) is 0 Å². The van der Waals surface area contributed by atoms with Gasteiger partial charge in [-0.15, -0.1) is 0 Å². The maximum absolute atomic E-state index is 9.42. The number of halogens is 1. The van der Waals surface area contributed by atoms with Crippen LogP contribution in [0.2, 0.25) is 0 Å². The fourth-order valence-electron chi connectivity index (χ4n) is 2.20. The lowest BCUT2D eigenvalue weighted by molar-refractivity contribution is 0.133. The molecule has 1 heterocycles. The molecule has 17 heavy (non-hydrogen) atoms. The van der Waals surface area contributed by atoms with Crippen molar-refractivity contribution in [2.45, 2.75) is 6.54 Å². The monoisotopic (exact) mass is 298 g/mol. The molecule has 2 rings (SSSR count). The van der Waals surface area contributed by atoms with E-state index in [0.29, 0.717) is 5.75 Å². The minimum Gasteiger partial charge on any atom is -0.508 e. The van der Waals surface area contributed by atoms with Gasteiger partial charge in [-0.25, -0.2) is 0 Å². The summed E-state index contributed by atoms with van der Waals surface area (Å²) >= 11 is 3.48. The van der Waals surface area contributed by atoms with E-state index in [1.807, 2.05) is 12.1 Å². The lowest BCUT2D eigenvalue weighted by Gasteiger charge is -2.34. The zero-order valence-electron chi connectivity index (χ0n) is 9.98. The van der Waals surface area contributed by atoms with Crippen molar-refractivity contribution in [3.8, 4) is 5.75 Å². The van der Waals surface area contributed by atoms with Crippen LogP contribution in [0.3, 0.4) is 0 Å². The lowest BCUT2D eigenvalue weighted by Crippen LogP contribution is -2.46. The summed E-state index contributed by atoms with van der Waals surface area (Å²) in [4.78, 5) is 4.92. The summed E-state index contributed by atoms with van der Waals surface area (Å²) in [6, 6.07) is 7.55. The zero-order chi connectivity index (χ0) is 12.1. The van der Waals surface area contributed by atoms with Crippen LogP contribution in [0.25, 0.3) is 0 Å². The minimum atomic E-state index is 0.362. The summed E-state index contributed by atoms with van der Waals surface area (Å²) in [7, 11) is 0. The number of hydrogen-bond donors (Lipinski definition) is 1. The molecule has 3 nitrogen and oxygen atoms in total. The smallest absolute Gasteiger partial charge is 0.115 e. The van der Waals surface area contributed by atoms with E-state index < -0.39 is 0 Å². The van der Waals surface area contributed by atoms with E-state index in [4.69, 9.17) is 0 Å². The van der Waals surface area contributed by atoms with Crippen molar-refractivity contribution in [2.75, 3.05) is 38.1 Å². The second-order valence-corrected chi connectivity index (χ2v) is 5.27. The van der Waals surface area contributed by atoms with Gasteiger partial charge in [-0.2, -0.15) is 0 Å². The highest BCUT2D eigenvalue weighted by atomic mass is 79.9. The van der Waals surface area contributed by atoms with E-state index in [2.05, 4.69) is 31.8 Å². The van der Waals surface area contributed by atoms with Gasteiger partial charge in [0, 0.05) is 44.6 Å². The number of rotatable bonds is 4. The Morgan fingerprint density at radius 1 is 1.12 bits per heavy atom. The Bertz CT molecular complexity index is 351. The van der Waals surface area contributed by atoms with Crippen molar-refractivity contribution in [3.63, 3.8) is 0 Å². The third-order valence-corrected chi connectivity index (χ3v) is 3.54. The summed E-state index contributed by atoms with van der Waals surface area (Å²) in [5, 5.41) is 10.5. The first-order chi connectivity index (χ1) is 8.28. The number of aromatic hydroxyl groups is 1. The van der Waals surface area contributed by atoms with Gasteiger partial charge >= 0.3 is 0 Å². The topological polar surface area (TPSA) is 26.7 Å². The average molecular weight is 299 g/mol. The number of hydrogen-bond acceptors (Lipinski definition) is 3. The Balaban J connectivity index is 1.82. The van der Waals surface area contributed by atoms with Gasteiger partial charge in [-0.1, -0.05) is 28.1 Å². The first kappa shape index (κ1) is 12.9. The lowest BCUT2D eigenvalue weighted by atomic mass is 10.2. The molecule has 0 amide bonds. The van der Waals surface area contributed by atoms with E-state index in [0.717, 1.165) is 44.6 Å². The second-order valence-electron chi connectivity index (χ2n) is 4.48. The van der Waals surface area contributed by atoms with Crippen LogP contribution in [0.4, 0.5) is 0 Å². The maximum atomic E-state index is 9.42. The molecule has 0 saturated carbocycles. The minimum absolute atomic E-state index is 0.362. The molecule has 0 bridgehead atoms. The van der Waals surface area contributed by atoms with Gasteiger partial charge in [-0.05, 0) is 17.7 Å². The molecule has 0 spiro atoms. The number of phenols is 1. The summed E-state index contributed by atoms with van der Waals surface area (Å²) in [5.41, 5.74) is 1.19.